The Labute approximate surface area is 300 Å². The van der Waals surface area contributed by atoms with Crippen molar-refractivity contribution in [3.63, 3.8) is 0 Å². The molecule has 1 unspecified atom stereocenters. The molecule has 7 N–H and O–H groups in total. The van der Waals surface area contributed by atoms with Crippen molar-refractivity contribution in [3.8, 4) is 17.2 Å². The van der Waals surface area contributed by atoms with Crippen molar-refractivity contribution in [1.82, 2.24) is 10.6 Å². The topological polar surface area (TPSA) is 199 Å². The molecule has 4 aromatic rings. The van der Waals surface area contributed by atoms with E-state index in [-0.39, 0.29) is 24.5 Å². The lowest BCUT2D eigenvalue weighted by molar-refractivity contribution is -0.144. The molecule has 4 aromatic carbocycles. The van der Waals surface area contributed by atoms with E-state index in [0.717, 1.165) is 22.3 Å². The molecule has 0 radical (unpaired) electrons. The summed E-state index contributed by atoms with van der Waals surface area (Å²) in [5.74, 6) is -2.05. The molecule has 270 valence electrons. The van der Waals surface area contributed by atoms with Crippen LogP contribution in [0.25, 0.3) is 0 Å². The molecular weight excluding hydrogens is 668 g/mol. The number of nitrogens with one attached hydrogen (secondary N) is 3. The van der Waals surface area contributed by atoms with E-state index in [2.05, 4.69) is 16.0 Å². The van der Waals surface area contributed by atoms with Crippen LogP contribution in [-0.2, 0) is 47.3 Å². The number of nitrogens with two attached hydrogens (primary N) is 1. The van der Waals surface area contributed by atoms with Crippen LogP contribution in [0.15, 0.2) is 84.9 Å². The van der Waals surface area contributed by atoms with Gasteiger partial charge in [0.15, 0.2) is 5.60 Å². The number of carboxylic acids is 1. The molecule has 2 heterocycles. The standard InChI is InChI=1S/C39H40N4O9/c1-22(2)15-31(42-35(45)20-50-21-36(46)47)38(49)43-32(16-23-7-11-27(44)12-8-23)37(48)41-26-10-14-30-34(18-26)52-33-17-25(40)9-13-29(33)39(30)28-6-4-3-5-24(28)19-51-39/h3-14,17-18,22,31-32,44H,15-16,19-21,40H2,1-2H3,(H,41,48)(H,42,45)(H,43,49)(H,46,47)/t31-,32-,39?/m0/s1. The number of hydrogen-bond donors (Lipinski definition) is 6. The number of anilines is 2. The van der Waals surface area contributed by atoms with Gasteiger partial charge in [0.1, 0.15) is 42.5 Å². The lowest BCUT2D eigenvalue weighted by Crippen LogP contribution is -2.54. The number of phenolic OH excluding ortho intramolecular Hbond substituents is 1. The number of ether oxygens (including phenoxy) is 3. The number of phenols is 1. The van der Waals surface area contributed by atoms with Crippen molar-refractivity contribution in [2.75, 3.05) is 24.3 Å². The second kappa shape index (κ2) is 15.1. The monoisotopic (exact) mass is 708 g/mol. The fourth-order valence-corrected chi connectivity index (χ4v) is 6.60. The molecule has 52 heavy (non-hydrogen) atoms. The van der Waals surface area contributed by atoms with E-state index in [1.165, 1.54) is 12.1 Å². The third-order valence-electron chi connectivity index (χ3n) is 8.90. The third-order valence-corrected chi connectivity index (χ3v) is 8.90. The SMILES string of the molecule is CC(C)C[C@H](NC(=O)COCC(=O)O)C(=O)N[C@@H](Cc1ccc(O)cc1)C(=O)Nc1ccc2c(c1)Oc1cc(N)ccc1C21OCc2ccccc21. The van der Waals surface area contributed by atoms with E-state index in [0.29, 0.717) is 35.0 Å². The lowest BCUT2D eigenvalue weighted by Gasteiger charge is -2.37. The fraction of sp³-hybridized carbons (Fsp3) is 0.282. The maximum absolute atomic E-state index is 14.0. The van der Waals surface area contributed by atoms with Gasteiger partial charge in [-0.3, -0.25) is 14.4 Å². The molecule has 0 saturated carbocycles. The number of carbonyl (C=O) groups is 4. The maximum atomic E-state index is 14.0. The Hall–Kier alpha value is -5.92. The van der Waals surface area contributed by atoms with Crippen LogP contribution in [-0.4, -0.2) is 59.2 Å². The number of amides is 3. The Morgan fingerprint density at radius 1 is 0.846 bits per heavy atom. The molecular formula is C39H40N4O9. The van der Waals surface area contributed by atoms with Crippen molar-refractivity contribution >= 4 is 35.1 Å². The summed E-state index contributed by atoms with van der Waals surface area (Å²) in [7, 11) is 0. The van der Waals surface area contributed by atoms with Gasteiger partial charge in [-0.25, -0.2) is 4.79 Å². The molecule has 0 saturated heterocycles. The van der Waals surface area contributed by atoms with Gasteiger partial charge in [-0.05, 0) is 65.4 Å². The number of nitrogen functional groups attached to an aromatic ring is 1. The number of aliphatic carboxylic acids is 1. The van der Waals surface area contributed by atoms with Gasteiger partial charge >= 0.3 is 5.97 Å². The highest BCUT2D eigenvalue weighted by molar-refractivity contribution is 5.99. The van der Waals surface area contributed by atoms with Gasteiger partial charge in [0.25, 0.3) is 0 Å². The summed E-state index contributed by atoms with van der Waals surface area (Å²) in [6, 6.07) is 22.8. The summed E-state index contributed by atoms with van der Waals surface area (Å²) in [5.41, 5.74) is 10.3. The Balaban J connectivity index is 1.27. The van der Waals surface area contributed by atoms with Crippen molar-refractivity contribution in [3.05, 3.63) is 113 Å². The highest BCUT2D eigenvalue weighted by atomic mass is 16.5. The van der Waals surface area contributed by atoms with E-state index in [1.807, 2.05) is 50.2 Å². The summed E-state index contributed by atoms with van der Waals surface area (Å²) in [4.78, 5) is 51.0. The zero-order valence-corrected chi connectivity index (χ0v) is 28.7. The minimum Gasteiger partial charge on any atom is -0.508 e. The summed E-state index contributed by atoms with van der Waals surface area (Å²) in [6.45, 7) is 2.92. The number of aromatic hydroxyl groups is 1. The van der Waals surface area contributed by atoms with Crippen LogP contribution in [0.4, 0.5) is 11.4 Å². The lowest BCUT2D eigenvalue weighted by atomic mass is 9.77. The number of carboxylic acid groups (broad SMARTS) is 1. The van der Waals surface area contributed by atoms with Crippen LogP contribution in [0.5, 0.6) is 17.2 Å². The molecule has 2 aliphatic heterocycles. The van der Waals surface area contributed by atoms with Crippen LogP contribution >= 0.6 is 0 Å². The molecule has 0 bridgehead atoms. The Bertz CT molecular complexity index is 2000. The van der Waals surface area contributed by atoms with Crippen LogP contribution in [0, 0.1) is 5.92 Å². The number of rotatable bonds is 13. The van der Waals surface area contributed by atoms with Crippen LogP contribution in [0.1, 0.15) is 48.1 Å². The largest absolute Gasteiger partial charge is 0.508 e. The van der Waals surface area contributed by atoms with Gasteiger partial charge in [-0.1, -0.05) is 50.2 Å². The van der Waals surface area contributed by atoms with Gasteiger partial charge in [-0.2, -0.15) is 0 Å². The quantitative estimate of drug-likeness (QED) is 0.110. The summed E-state index contributed by atoms with van der Waals surface area (Å²) in [6.07, 6.45) is 0.300. The first-order valence-corrected chi connectivity index (χ1v) is 16.9. The Kier molecular flexibility index (Phi) is 10.4. The molecule has 13 heteroatoms. The van der Waals surface area contributed by atoms with Crippen molar-refractivity contribution in [2.45, 2.75) is 51.0 Å². The first-order chi connectivity index (χ1) is 24.9. The van der Waals surface area contributed by atoms with Crippen molar-refractivity contribution < 1.29 is 43.6 Å². The molecule has 13 nitrogen and oxygen atoms in total. The average molecular weight is 709 g/mol. The fourth-order valence-electron chi connectivity index (χ4n) is 6.60. The van der Waals surface area contributed by atoms with Crippen LogP contribution < -0.4 is 26.4 Å². The molecule has 3 amide bonds. The molecule has 0 fully saturated rings. The Morgan fingerprint density at radius 3 is 2.29 bits per heavy atom. The van der Waals surface area contributed by atoms with E-state index >= 15 is 0 Å². The highest BCUT2D eigenvalue weighted by Gasteiger charge is 2.49. The normalized spacial score (nSPS) is 16.5. The number of carbonyl (C=O) groups excluding carboxylic acids is 3. The van der Waals surface area contributed by atoms with Crippen LogP contribution in [0.3, 0.4) is 0 Å². The van der Waals surface area contributed by atoms with Crippen molar-refractivity contribution in [2.24, 2.45) is 5.92 Å². The summed E-state index contributed by atoms with van der Waals surface area (Å²) >= 11 is 0. The number of hydrogen-bond acceptors (Lipinski definition) is 9. The molecule has 3 atom stereocenters. The minimum absolute atomic E-state index is 0.0181. The van der Waals surface area contributed by atoms with E-state index in [1.54, 1.807) is 36.4 Å². The summed E-state index contributed by atoms with van der Waals surface area (Å²) in [5, 5.41) is 26.9. The van der Waals surface area contributed by atoms with E-state index in [4.69, 9.17) is 25.1 Å². The maximum Gasteiger partial charge on any atom is 0.329 e. The van der Waals surface area contributed by atoms with E-state index < -0.39 is 54.6 Å². The van der Waals surface area contributed by atoms with Gasteiger partial charge < -0.3 is 46.1 Å². The van der Waals surface area contributed by atoms with Gasteiger partial charge in [0.05, 0.1) is 6.61 Å². The highest BCUT2D eigenvalue weighted by Crippen LogP contribution is 2.56. The summed E-state index contributed by atoms with van der Waals surface area (Å²) < 4.78 is 17.8. The Morgan fingerprint density at radius 2 is 1.56 bits per heavy atom. The van der Waals surface area contributed by atoms with Crippen LogP contribution in [0.2, 0.25) is 0 Å². The first kappa shape index (κ1) is 35.9. The smallest absolute Gasteiger partial charge is 0.329 e. The third kappa shape index (κ3) is 7.70. The van der Waals surface area contributed by atoms with E-state index in [9.17, 15) is 24.3 Å². The van der Waals surface area contributed by atoms with Gasteiger partial charge in [-0.15, -0.1) is 0 Å². The molecule has 0 aromatic heterocycles. The molecule has 2 aliphatic rings. The second-order valence-corrected chi connectivity index (χ2v) is 13.3. The zero-order valence-electron chi connectivity index (χ0n) is 28.7. The van der Waals surface area contributed by atoms with Crippen molar-refractivity contribution in [1.29, 1.82) is 0 Å². The number of benzene rings is 4. The minimum atomic E-state index is -1.23. The average Bonchev–Trinajstić information content (AvgIpc) is 3.47. The molecule has 0 aliphatic carbocycles. The predicted molar refractivity (Wildman–Crippen MR) is 191 cm³/mol. The zero-order chi connectivity index (χ0) is 37.0. The first-order valence-electron chi connectivity index (χ1n) is 16.9. The van der Waals surface area contributed by atoms with Gasteiger partial charge in [0, 0.05) is 41.1 Å². The second-order valence-electron chi connectivity index (χ2n) is 13.3. The molecule has 6 rings (SSSR count). The number of fused-ring (bicyclic) bond motifs is 6. The molecule has 1 spiro atoms. The van der Waals surface area contributed by atoms with Gasteiger partial charge in [0.2, 0.25) is 17.7 Å². The predicted octanol–water partition coefficient (Wildman–Crippen LogP) is 4.20.